The highest BCUT2D eigenvalue weighted by Gasteiger charge is 2.28. The van der Waals surface area contributed by atoms with Gasteiger partial charge < -0.3 is 5.11 Å². The molecule has 0 bridgehead atoms. The van der Waals surface area contributed by atoms with Crippen LogP contribution in [0.2, 0.25) is 0 Å². The fourth-order valence-electron chi connectivity index (χ4n) is 2.42. The molecule has 3 aromatic rings. The maximum Gasteiger partial charge on any atom is 0.309 e. The second kappa shape index (κ2) is 5.54. The molecule has 22 heavy (non-hydrogen) atoms. The van der Waals surface area contributed by atoms with Crippen LogP contribution < -0.4 is 0 Å². The van der Waals surface area contributed by atoms with Crippen molar-refractivity contribution in [3.8, 4) is 10.6 Å². The lowest BCUT2D eigenvalue weighted by atomic mass is 9.84. The van der Waals surface area contributed by atoms with Gasteiger partial charge in [0.05, 0.1) is 15.6 Å². The summed E-state index contributed by atoms with van der Waals surface area (Å²) in [7, 11) is 0. The van der Waals surface area contributed by atoms with Gasteiger partial charge in [-0.1, -0.05) is 36.4 Å². The molecule has 1 aromatic heterocycles. The highest BCUT2D eigenvalue weighted by atomic mass is 32.1. The molecule has 0 unspecified atom stereocenters. The number of hydrogen-bond acceptors (Lipinski definition) is 3. The summed E-state index contributed by atoms with van der Waals surface area (Å²) in [5, 5.41) is 10.3. The molecule has 0 aliphatic rings. The topological polar surface area (TPSA) is 50.2 Å². The first-order chi connectivity index (χ1) is 10.5. The second-order valence-electron chi connectivity index (χ2n) is 6.01. The molecule has 0 saturated heterocycles. The van der Waals surface area contributed by atoms with Gasteiger partial charge in [0.15, 0.2) is 0 Å². The number of thiazole rings is 1. The molecule has 0 amide bonds. The van der Waals surface area contributed by atoms with Crippen molar-refractivity contribution >= 4 is 27.5 Å². The smallest absolute Gasteiger partial charge is 0.309 e. The van der Waals surface area contributed by atoms with Crippen LogP contribution in [0.5, 0.6) is 0 Å². The standard InChI is InChI=1S/C18H17NO2S/c1-18(2,17(20)21)11-12-7-3-4-8-13(12)16-19-14-9-5-6-10-15(14)22-16/h3-10H,11H2,1-2H3,(H,20,21). The molecule has 4 heteroatoms. The summed E-state index contributed by atoms with van der Waals surface area (Å²) in [6.45, 7) is 3.51. The van der Waals surface area contributed by atoms with E-state index in [9.17, 15) is 9.90 Å². The zero-order chi connectivity index (χ0) is 15.7. The highest BCUT2D eigenvalue weighted by Crippen LogP contribution is 2.34. The molecule has 1 heterocycles. The molecular weight excluding hydrogens is 294 g/mol. The van der Waals surface area contributed by atoms with Crippen LogP contribution in [0.15, 0.2) is 48.5 Å². The molecule has 0 fully saturated rings. The molecule has 3 rings (SSSR count). The summed E-state index contributed by atoms with van der Waals surface area (Å²) in [5.41, 5.74) is 2.23. The zero-order valence-electron chi connectivity index (χ0n) is 12.5. The van der Waals surface area contributed by atoms with Crippen LogP contribution in [0.1, 0.15) is 19.4 Å². The minimum atomic E-state index is -0.799. The number of carboxylic acids is 1. The molecular formula is C18H17NO2S. The second-order valence-corrected chi connectivity index (χ2v) is 7.04. The number of benzene rings is 2. The monoisotopic (exact) mass is 311 g/mol. The number of aliphatic carboxylic acids is 1. The van der Waals surface area contributed by atoms with Gasteiger partial charge in [-0.3, -0.25) is 4.79 Å². The van der Waals surface area contributed by atoms with Crippen molar-refractivity contribution in [3.05, 3.63) is 54.1 Å². The van der Waals surface area contributed by atoms with Crippen LogP contribution in [0, 0.1) is 5.41 Å². The quantitative estimate of drug-likeness (QED) is 0.765. The van der Waals surface area contributed by atoms with Crippen molar-refractivity contribution in [2.24, 2.45) is 5.41 Å². The van der Waals surface area contributed by atoms with Crippen molar-refractivity contribution in [2.75, 3.05) is 0 Å². The number of hydrogen-bond donors (Lipinski definition) is 1. The van der Waals surface area contributed by atoms with Crippen LogP contribution >= 0.6 is 11.3 Å². The summed E-state index contributed by atoms with van der Waals surface area (Å²) < 4.78 is 1.14. The Labute approximate surface area is 133 Å². The molecule has 0 saturated carbocycles. The zero-order valence-corrected chi connectivity index (χ0v) is 13.4. The van der Waals surface area contributed by atoms with Gasteiger partial charge in [-0.15, -0.1) is 11.3 Å². The Kier molecular flexibility index (Phi) is 3.71. The van der Waals surface area contributed by atoms with Gasteiger partial charge in [0.1, 0.15) is 5.01 Å². The van der Waals surface area contributed by atoms with Crippen molar-refractivity contribution in [1.29, 1.82) is 0 Å². The molecule has 0 aliphatic carbocycles. The maximum atomic E-state index is 11.4. The predicted molar refractivity (Wildman–Crippen MR) is 90.2 cm³/mol. The largest absolute Gasteiger partial charge is 0.481 e. The lowest BCUT2D eigenvalue weighted by molar-refractivity contribution is -0.146. The average Bonchev–Trinajstić information content (AvgIpc) is 2.91. The Hall–Kier alpha value is -2.20. The van der Waals surface area contributed by atoms with Gasteiger partial charge in [-0.25, -0.2) is 4.98 Å². The Bertz CT molecular complexity index is 803. The summed E-state index contributed by atoms with van der Waals surface area (Å²) >= 11 is 1.64. The Balaban J connectivity index is 2.06. The average molecular weight is 311 g/mol. The number of carboxylic acid groups (broad SMARTS) is 1. The van der Waals surface area contributed by atoms with Gasteiger partial charge in [0.2, 0.25) is 0 Å². The minimum absolute atomic E-state index is 0.481. The molecule has 0 radical (unpaired) electrons. The Morgan fingerprint density at radius 2 is 1.82 bits per heavy atom. The number of nitrogens with zero attached hydrogens (tertiary/aromatic N) is 1. The Morgan fingerprint density at radius 3 is 2.55 bits per heavy atom. The first-order valence-electron chi connectivity index (χ1n) is 7.15. The molecule has 2 aromatic carbocycles. The summed E-state index contributed by atoms with van der Waals surface area (Å²) in [6.07, 6.45) is 0.481. The third kappa shape index (κ3) is 2.74. The van der Waals surface area contributed by atoms with Crippen molar-refractivity contribution in [2.45, 2.75) is 20.3 Å². The molecule has 112 valence electrons. The Morgan fingerprint density at radius 1 is 1.14 bits per heavy atom. The van der Waals surface area contributed by atoms with Gasteiger partial charge in [-0.05, 0) is 38.0 Å². The van der Waals surface area contributed by atoms with Crippen LogP contribution in [-0.2, 0) is 11.2 Å². The van der Waals surface area contributed by atoms with E-state index in [0.717, 1.165) is 26.4 Å². The number of rotatable bonds is 4. The predicted octanol–water partition coefficient (Wildman–Crippen LogP) is 4.62. The summed E-state index contributed by atoms with van der Waals surface area (Å²) in [6, 6.07) is 16.0. The van der Waals surface area contributed by atoms with Crippen molar-refractivity contribution < 1.29 is 9.90 Å². The van der Waals surface area contributed by atoms with E-state index in [-0.39, 0.29) is 0 Å². The van der Waals surface area contributed by atoms with E-state index in [4.69, 9.17) is 0 Å². The van der Waals surface area contributed by atoms with Crippen LogP contribution in [0.3, 0.4) is 0 Å². The fourth-order valence-corrected chi connectivity index (χ4v) is 3.45. The van der Waals surface area contributed by atoms with Crippen LogP contribution in [0.4, 0.5) is 0 Å². The van der Waals surface area contributed by atoms with E-state index >= 15 is 0 Å². The van der Waals surface area contributed by atoms with Crippen molar-refractivity contribution in [3.63, 3.8) is 0 Å². The fraction of sp³-hybridized carbons (Fsp3) is 0.222. The maximum absolute atomic E-state index is 11.4. The third-order valence-electron chi connectivity index (χ3n) is 3.75. The van der Waals surface area contributed by atoms with Gasteiger partial charge in [0.25, 0.3) is 0 Å². The minimum Gasteiger partial charge on any atom is -0.481 e. The van der Waals surface area contributed by atoms with E-state index in [1.807, 2.05) is 42.5 Å². The van der Waals surface area contributed by atoms with E-state index in [0.29, 0.717) is 6.42 Å². The molecule has 0 aliphatic heterocycles. The molecule has 0 atom stereocenters. The number of aromatic nitrogens is 1. The van der Waals surface area contributed by atoms with Crippen LogP contribution in [-0.4, -0.2) is 16.1 Å². The van der Waals surface area contributed by atoms with Crippen LogP contribution in [0.25, 0.3) is 20.8 Å². The van der Waals surface area contributed by atoms with Crippen molar-refractivity contribution in [1.82, 2.24) is 4.98 Å². The molecule has 3 nitrogen and oxygen atoms in total. The highest BCUT2D eigenvalue weighted by molar-refractivity contribution is 7.21. The number of fused-ring (bicyclic) bond motifs is 1. The third-order valence-corrected chi connectivity index (χ3v) is 4.82. The number of para-hydroxylation sites is 1. The van der Waals surface area contributed by atoms with Gasteiger partial charge in [-0.2, -0.15) is 0 Å². The normalized spacial score (nSPS) is 11.7. The van der Waals surface area contributed by atoms with Gasteiger partial charge in [0, 0.05) is 5.56 Å². The summed E-state index contributed by atoms with van der Waals surface area (Å²) in [5.74, 6) is -0.786. The van der Waals surface area contributed by atoms with E-state index in [1.54, 1.807) is 25.2 Å². The lowest BCUT2D eigenvalue weighted by Crippen LogP contribution is -2.26. The molecule has 1 N–H and O–H groups in total. The number of carbonyl (C=O) groups is 1. The van der Waals surface area contributed by atoms with E-state index < -0.39 is 11.4 Å². The van der Waals surface area contributed by atoms with Gasteiger partial charge >= 0.3 is 5.97 Å². The lowest BCUT2D eigenvalue weighted by Gasteiger charge is -2.20. The van der Waals surface area contributed by atoms with E-state index in [1.165, 1.54) is 0 Å². The SMILES string of the molecule is CC(C)(Cc1ccccc1-c1nc2ccccc2s1)C(=O)O. The first-order valence-corrected chi connectivity index (χ1v) is 7.96. The summed E-state index contributed by atoms with van der Waals surface area (Å²) in [4.78, 5) is 16.1. The first kappa shape index (κ1) is 14.7. The van der Waals surface area contributed by atoms with E-state index in [2.05, 4.69) is 11.1 Å². The molecule has 0 spiro atoms.